The first-order valence-corrected chi connectivity index (χ1v) is 10.8. The Morgan fingerprint density at radius 1 is 1.20 bits per heavy atom. The molecule has 0 fully saturated rings. The van der Waals surface area contributed by atoms with Gasteiger partial charge >= 0.3 is 0 Å². The lowest BCUT2D eigenvalue weighted by Gasteiger charge is -2.11. The summed E-state index contributed by atoms with van der Waals surface area (Å²) in [5.74, 6) is 0.172. The van der Waals surface area contributed by atoms with Gasteiger partial charge in [0.1, 0.15) is 0 Å². The molecule has 182 valence electrons. The molecule has 0 radical (unpaired) electrons. The van der Waals surface area contributed by atoms with Crippen LogP contribution in [0, 0.1) is 5.41 Å². The molecule has 0 saturated carbocycles. The summed E-state index contributed by atoms with van der Waals surface area (Å²) in [5, 5.41) is 21.6. The molecule has 35 heavy (non-hydrogen) atoms. The minimum absolute atomic E-state index is 0.0941. The molecule has 0 spiro atoms. The fourth-order valence-corrected chi connectivity index (χ4v) is 3.06. The molecule has 0 aromatic heterocycles. The second-order valence-corrected chi connectivity index (χ2v) is 7.90. The number of aliphatic hydroxyl groups is 1. The molecule has 1 aliphatic heterocycles. The van der Waals surface area contributed by atoms with E-state index in [0.717, 1.165) is 11.1 Å². The van der Waals surface area contributed by atoms with Crippen LogP contribution in [0.4, 0.5) is 0 Å². The van der Waals surface area contributed by atoms with Crippen molar-refractivity contribution in [3.63, 3.8) is 0 Å². The summed E-state index contributed by atoms with van der Waals surface area (Å²) in [5.41, 5.74) is 6.41. The number of rotatable bonds is 8. The number of nitrogens with one attached hydrogen (secondary N) is 2. The summed E-state index contributed by atoms with van der Waals surface area (Å²) < 4.78 is 11.0. The summed E-state index contributed by atoms with van der Waals surface area (Å²) in [6.45, 7) is 7.04. The molecule has 3 N–H and O–H groups in total. The SMILES string of the molecule is C=NC(=N)C(N=C(C)c1ccc(C(=O)N(C)C)cc1)=C1NN=C(c2ccc(COC(C)O)cc2)O1. The van der Waals surface area contributed by atoms with Crippen LogP contribution < -0.4 is 5.43 Å². The average molecular weight is 477 g/mol. The van der Waals surface area contributed by atoms with Gasteiger partial charge in [-0.2, -0.15) is 0 Å². The molecule has 2 aromatic carbocycles. The van der Waals surface area contributed by atoms with E-state index in [2.05, 4.69) is 27.2 Å². The number of aliphatic hydroxyl groups excluding tert-OH is 1. The fourth-order valence-electron chi connectivity index (χ4n) is 3.06. The molecule has 1 aliphatic rings. The lowest BCUT2D eigenvalue weighted by molar-refractivity contribution is -0.0939. The van der Waals surface area contributed by atoms with Gasteiger partial charge in [0.25, 0.3) is 5.91 Å². The molecule has 0 bridgehead atoms. The lowest BCUT2D eigenvalue weighted by atomic mass is 10.1. The zero-order valence-corrected chi connectivity index (χ0v) is 20.1. The number of carbonyl (C=O) groups is 1. The van der Waals surface area contributed by atoms with Crippen molar-refractivity contribution in [2.24, 2.45) is 15.1 Å². The van der Waals surface area contributed by atoms with Crippen molar-refractivity contribution in [3.05, 3.63) is 82.4 Å². The van der Waals surface area contributed by atoms with E-state index in [-0.39, 0.29) is 29.9 Å². The van der Waals surface area contributed by atoms with Crippen molar-refractivity contribution in [1.82, 2.24) is 10.3 Å². The van der Waals surface area contributed by atoms with E-state index in [1.807, 2.05) is 24.3 Å². The third-order valence-corrected chi connectivity index (χ3v) is 4.98. The number of amides is 1. The van der Waals surface area contributed by atoms with Crippen molar-refractivity contribution in [3.8, 4) is 0 Å². The maximum absolute atomic E-state index is 12.1. The van der Waals surface area contributed by atoms with Crippen LogP contribution in [0.1, 0.15) is 40.9 Å². The van der Waals surface area contributed by atoms with Gasteiger partial charge in [-0.1, -0.05) is 24.3 Å². The van der Waals surface area contributed by atoms with Gasteiger partial charge < -0.3 is 19.5 Å². The van der Waals surface area contributed by atoms with Gasteiger partial charge in [0.05, 0.1) is 6.61 Å². The highest BCUT2D eigenvalue weighted by atomic mass is 16.6. The second kappa shape index (κ2) is 11.3. The lowest BCUT2D eigenvalue weighted by Crippen LogP contribution is -2.21. The highest BCUT2D eigenvalue weighted by molar-refractivity contribution is 6.06. The van der Waals surface area contributed by atoms with Gasteiger partial charge in [-0.05, 0) is 56.0 Å². The van der Waals surface area contributed by atoms with Gasteiger partial charge in [-0.3, -0.25) is 10.2 Å². The highest BCUT2D eigenvalue weighted by Gasteiger charge is 2.22. The average Bonchev–Trinajstić information content (AvgIpc) is 3.35. The van der Waals surface area contributed by atoms with Crippen LogP contribution >= 0.6 is 0 Å². The van der Waals surface area contributed by atoms with E-state index in [9.17, 15) is 9.90 Å². The Balaban J connectivity index is 1.81. The molecule has 10 nitrogen and oxygen atoms in total. The Morgan fingerprint density at radius 3 is 2.40 bits per heavy atom. The second-order valence-electron chi connectivity index (χ2n) is 7.90. The predicted octanol–water partition coefficient (Wildman–Crippen LogP) is 2.88. The van der Waals surface area contributed by atoms with E-state index < -0.39 is 6.29 Å². The van der Waals surface area contributed by atoms with Crippen LogP contribution in [0.25, 0.3) is 0 Å². The largest absolute Gasteiger partial charge is 0.417 e. The van der Waals surface area contributed by atoms with Gasteiger partial charge in [-0.15, -0.1) is 5.10 Å². The third kappa shape index (κ3) is 6.46. The van der Waals surface area contributed by atoms with E-state index >= 15 is 0 Å². The molecule has 10 heteroatoms. The number of carbonyl (C=O) groups excluding carboxylic acids is 1. The van der Waals surface area contributed by atoms with E-state index in [4.69, 9.17) is 14.9 Å². The molecule has 2 aromatic rings. The maximum atomic E-state index is 12.1. The Kier molecular flexibility index (Phi) is 8.24. The molecule has 1 heterocycles. The zero-order valence-electron chi connectivity index (χ0n) is 20.1. The van der Waals surface area contributed by atoms with Gasteiger partial charge in [-0.25, -0.2) is 15.4 Å². The summed E-state index contributed by atoms with van der Waals surface area (Å²) in [6.07, 6.45) is -0.844. The number of hydrogen-bond acceptors (Lipinski definition) is 8. The topological polar surface area (TPSA) is 132 Å². The minimum atomic E-state index is -0.844. The highest BCUT2D eigenvalue weighted by Crippen LogP contribution is 2.19. The molecule has 0 saturated heterocycles. The van der Waals surface area contributed by atoms with Gasteiger partial charge in [0.15, 0.2) is 17.8 Å². The van der Waals surface area contributed by atoms with Crippen molar-refractivity contribution in [1.29, 1.82) is 5.41 Å². The molecule has 1 amide bonds. The quantitative estimate of drug-likeness (QED) is 0.306. The van der Waals surface area contributed by atoms with Crippen LogP contribution in [0.5, 0.6) is 0 Å². The molecule has 0 aliphatic carbocycles. The predicted molar refractivity (Wildman–Crippen MR) is 135 cm³/mol. The number of aliphatic imine (C=N–C) groups is 2. The summed E-state index contributed by atoms with van der Waals surface area (Å²) in [6, 6.07) is 14.3. The van der Waals surface area contributed by atoms with Gasteiger partial charge in [0.2, 0.25) is 11.8 Å². The molecule has 3 rings (SSSR count). The molecular formula is C25H28N6O4. The zero-order chi connectivity index (χ0) is 25.5. The first-order valence-electron chi connectivity index (χ1n) is 10.8. The van der Waals surface area contributed by atoms with Gasteiger partial charge in [0, 0.05) is 30.9 Å². The Morgan fingerprint density at radius 2 is 1.83 bits per heavy atom. The van der Waals surface area contributed by atoms with Crippen LogP contribution in [-0.2, 0) is 16.1 Å². The Bertz CT molecular complexity index is 1200. The molecule has 1 unspecified atom stereocenters. The number of nitrogens with zero attached hydrogens (tertiary/aromatic N) is 4. The van der Waals surface area contributed by atoms with E-state index in [0.29, 0.717) is 22.7 Å². The summed E-state index contributed by atoms with van der Waals surface area (Å²) in [7, 11) is 3.39. The Labute approximate surface area is 203 Å². The van der Waals surface area contributed by atoms with E-state index in [1.54, 1.807) is 52.2 Å². The summed E-state index contributed by atoms with van der Waals surface area (Å²) in [4.78, 5) is 21.9. The Hall–Kier alpha value is -4.15. The van der Waals surface area contributed by atoms with Crippen LogP contribution in [0.2, 0.25) is 0 Å². The number of hydrogen-bond donors (Lipinski definition) is 3. The van der Waals surface area contributed by atoms with Crippen molar-refractivity contribution >= 4 is 30.1 Å². The number of amidine groups is 1. The van der Waals surface area contributed by atoms with E-state index in [1.165, 1.54) is 4.90 Å². The minimum Gasteiger partial charge on any atom is -0.417 e. The smallest absolute Gasteiger partial charge is 0.253 e. The monoisotopic (exact) mass is 476 g/mol. The first kappa shape index (κ1) is 25.5. The fraction of sp³-hybridized carbons (Fsp3) is 0.240. The maximum Gasteiger partial charge on any atom is 0.253 e. The number of ether oxygens (including phenoxy) is 2. The number of hydrazone groups is 1. The van der Waals surface area contributed by atoms with Crippen LogP contribution in [-0.4, -0.2) is 60.5 Å². The molecule has 1 atom stereocenters. The number of benzene rings is 2. The van der Waals surface area contributed by atoms with Crippen molar-refractivity contribution < 1.29 is 19.4 Å². The summed E-state index contributed by atoms with van der Waals surface area (Å²) >= 11 is 0. The van der Waals surface area contributed by atoms with Crippen LogP contribution in [0.3, 0.4) is 0 Å². The normalized spacial score (nSPS) is 15.5. The standard InChI is InChI=1S/C25H28N6O4/c1-15(18-10-12-20(13-11-18)25(33)31(4)5)28-21(22(26)27-3)24-30-29-23(35-24)19-8-6-17(7-9-19)14-34-16(2)32/h6-13,16,26,30,32H,3,14H2,1-2,4-5H3. The van der Waals surface area contributed by atoms with Crippen molar-refractivity contribution in [2.75, 3.05) is 14.1 Å². The first-order chi connectivity index (χ1) is 16.7. The van der Waals surface area contributed by atoms with Crippen LogP contribution in [0.15, 0.2) is 75.2 Å². The van der Waals surface area contributed by atoms with Crippen molar-refractivity contribution in [2.45, 2.75) is 26.7 Å². The molecular weight excluding hydrogens is 448 g/mol. The third-order valence-electron chi connectivity index (χ3n) is 4.98.